The maximum atomic E-state index is 12.9. The molecule has 1 unspecified atom stereocenters. The number of nitrogens with zero attached hydrogens (tertiary/aromatic N) is 1. The van der Waals surface area contributed by atoms with Crippen molar-refractivity contribution in [1.29, 1.82) is 0 Å². The maximum Gasteiger partial charge on any atom is 0.289 e. The van der Waals surface area contributed by atoms with Crippen LogP contribution in [-0.4, -0.2) is 24.7 Å². The fraction of sp³-hybridized carbons (Fsp3) is 0.0800. The van der Waals surface area contributed by atoms with Crippen LogP contribution in [-0.2, 0) is 25.9 Å². The Morgan fingerprint density at radius 3 is 2.58 bits per heavy atom. The maximum absolute atomic E-state index is 12.9. The van der Waals surface area contributed by atoms with E-state index in [1.807, 2.05) is 30.3 Å². The summed E-state index contributed by atoms with van der Waals surface area (Å²) in [5, 5.41) is 21.3. The highest BCUT2D eigenvalue weighted by Crippen LogP contribution is 2.33. The van der Waals surface area contributed by atoms with Crippen LogP contribution in [0.4, 0.5) is 11.4 Å². The van der Waals surface area contributed by atoms with Crippen molar-refractivity contribution >= 4 is 49.7 Å². The van der Waals surface area contributed by atoms with Gasteiger partial charge in [0.1, 0.15) is 16.9 Å². The number of hydrogen-bond acceptors (Lipinski definition) is 9. The first-order valence-corrected chi connectivity index (χ1v) is 12.8. The van der Waals surface area contributed by atoms with Crippen LogP contribution in [0.25, 0.3) is 16.7 Å². The van der Waals surface area contributed by atoms with Crippen molar-refractivity contribution < 1.29 is 32.3 Å². The van der Waals surface area contributed by atoms with Crippen molar-refractivity contribution in [2.75, 3.05) is 4.72 Å². The molecule has 11 nitrogen and oxygen atoms in total. The molecule has 0 bridgehead atoms. The minimum Gasteiger partial charge on any atom is -0.501 e. The van der Waals surface area contributed by atoms with E-state index in [-0.39, 0.29) is 33.2 Å². The lowest BCUT2D eigenvalue weighted by atomic mass is 10.1. The van der Waals surface area contributed by atoms with Gasteiger partial charge in [0, 0.05) is 18.2 Å². The van der Waals surface area contributed by atoms with Crippen LogP contribution in [0.5, 0.6) is 5.75 Å². The number of ether oxygens (including phenoxy) is 2. The molecule has 1 aliphatic rings. The topological polar surface area (TPSA) is 158 Å². The van der Waals surface area contributed by atoms with Crippen LogP contribution in [0.1, 0.15) is 11.3 Å². The molecule has 1 aromatic heterocycles. The molecule has 13 heteroatoms. The monoisotopic (exact) mass is 556 g/mol. The van der Waals surface area contributed by atoms with E-state index in [0.29, 0.717) is 6.42 Å². The summed E-state index contributed by atoms with van der Waals surface area (Å²) in [6.45, 7) is 0. The Morgan fingerprint density at radius 1 is 1.08 bits per heavy atom. The van der Waals surface area contributed by atoms with Crippen molar-refractivity contribution in [3.8, 4) is 5.75 Å². The zero-order valence-electron chi connectivity index (χ0n) is 19.2. The van der Waals surface area contributed by atoms with E-state index in [4.69, 9.17) is 25.5 Å². The molecule has 194 valence electrons. The number of nitrogens with one attached hydrogen (secondary N) is 1. The number of halogens is 1. The van der Waals surface area contributed by atoms with Gasteiger partial charge in [-0.3, -0.25) is 19.6 Å². The van der Waals surface area contributed by atoms with Gasteiger partial charge < -0.3 is 19.0 Å². The van der Waals surface area contributed by atoms with E-state index in [0.717, 1.165) is 23.8 Å². The SMILES string of the molecule is O=c1c(O)c(C2=COC(Cc3ccccc3)O2)oc2ccc(NS(=O)(=O)c3ccc(Cl)c([N+](=O)[O-])c3)cc12. The second kappa shape index (κ2) is 9.72. The average Bonchev–Trinajstić information content (AvgIpc) is 3.35. The quantitative estimate of drug-likeness (QED) is 0.241. The first kappa shape index (κ1) is 25.1. The number of anilines is 1. The Hall–Kier alpha value is -4.55. The van der Waals surface area contributed by atoms with Crippen LogP contribution < -0.4 is 10.2 Å². The van der Waals surface area contributed by atoms with Gasteiger partial charge in [0.2, 0.25) is 29.0 Å². The summed E-state index contributed by atoms with van der Waals surface area (Å²) in [6.07, 6.45) is 0.971. The number of nitro groups is 1. The van der Waals surface area contributed by atoms with E-state index >= 15 is 0 Å². The number of aromatic hydroxyl groups is 1. The third-order valence-corrected chi connectivity index (χ3v) is 7.30. The fourth-order valence-electron chi connectivity index (χ4n) is 3.77. The molecule has 0 radical (unpaired) electrons. The van der Waals surface area contributed by atoms with Gasteiger partial charge in [0.05, 0.1) is 15.2 Å². The molecule has 0 fully saturated rings. The van der Waals surface area contributed by atoms with E-state index in [9.17, 15) is 28.4 Å². The largest absolute Gasteiger partial charge is 0.501 e. The predicted molar refractivity (Wildman–Crippen MR) is 137 cm³/mol. The van der Waals surface area contributed by atoms with E-state index in [1.165, 1.54) is 24.5 Å². The Labute approximate surface area is 219 Å². The highest BCUT2D eigenvalue weighted by Gasteiger charge is 2.28. The number of sulfonamides is 1. The summed E-state index contributed by atoms with van der Waals surface area (Å²) in [5.41, 5.74) is -0.453. The molecule has 0 amide bonds. The Balaban J connectivity index is 1.40. The van der Waals surface area contributed by atoms with Crippen LogP contribution >= 0.6 is 11.6 Å². The molecular formula is C25H17ClN2O9S. The van der Waals surface area contributed by atoms with E-state index in [1.54, 1.807) is 0 Å². The zero-order valence-corrected chi connectivity index (χ0v) is 20.7. The summed E-state index contributed by atoms with van der Waals surface area (Å²) in [6, 6.07) is 16.3. The number of nitro benzene ring substituents is 1. The molecule has 4 aromatic rings. The van der Waals surface area contributed by atoms with Crippen LogP contribution in [0, 0.1) is 10.1 Å². The third kappa shape index (κ3) is 4.86. The predicted octanol–water partition coefficient (Wildman–Crippen LogP) is 4.78. The van der Waals surface area contributed by atoms with Crippen LogP contribution in [0.3, 0.4) is 0 Å². The summed E-state index contributed by atoms with van der Waals surface area (Å²) in [7, 11) is -4.28. The molecule has 0 saturated carbocycles. The summed E-state index contributed by atoms with van der Waals surface area (Å²) in [5.74, 6) is -0.961. The zero-order chi connectivity index (χ0) is 27.0. The molecule has 2 heterocycles. The second-order valence-electron chi connectivity index (χ2n) is 8.15. The molecule has 3 aromatic carbocycles. The van der Waals surface area contributed by atoms with Gasteiger partial charge in [-0.25, -0.2) is 8.42 Å². The average molecular weight is 557 g/mol. The van der Waals surface area contributed by atoms with E-state index in [2.05, 4.69) is 4.72 Å². The Kier molecular flexibility index (Phi) is 6.43. The highest BCUT2D eigenvalue weighted by molar-refractivity contribution is 7.92. The molecule has 0 aliphatic carbocycles. The van der Waals surface area contributed by atoms with Crippen molar-refractivity contribution in [2.24, 2.45) is 0 Å². The first-order chi connectivity index (χ1) is 18.1. The molecular weight excluding hydrogens is 540 g/mol. The van der Waals surface area contributed by atoms with Crippen molar-refractivity contribution in [1.82, 2.24) is 0 Å². The summed E-state index contributed by atoms with van der Waals surface area (Å²) in [4.78, 5) is 22.8. The van der Waals surface area contributed by atoms with Crippen LogP contribution in [0.2, 0.25) is 5.02 Å². The summed E-state index contributed by atoms with van der Waals surface area (Å²) >= 11 is 5.76. The third-order valence-electron chi connectivity index (χ3n) is 5.60. The van der Waals surface area contributed by atoms with Gasteiger partial charge in [-0.15, -0.1) is 0 Å². The molecule has 1 aliphatic heterocycles. The Bertz CT molecular complexity index is 1770. The van der Waals surface area contributed by atoms with Gasteiger partial charge in [-0.05, 0) is 35.9 Å². The van der Waals surface area contributed by atoms with Crippen molar-refractivity contribution in [3.63, 3.8) is 0 Å². The second-order valence-corrected chi connectivity index (χ2v) is 10.2. The number of fused-ring (bicyclic) bond motifs is 1. The minimum atomic E-state index is -4.28. The minimum absolute atomic E-state index is 0.0246. The van der Waals surface area contributed by atoms with E-state index < -0.39 is 43.0 Å². The van der Waals surface area contributed by atoms with Crippen LogP contribution in [0.15, 0.2) is 87.1 Å². The molecule has 38 heavy (non-hydrogen) atoms. The lowest BCUT2D eigenvalue weighted by Gasteiger charge is -2.12. The number of hydrogen-bond donors (Lipinski definition) is 2. The lowest BCUT2D eigenvalue weighted by Crippen LogP contribution is -2.14. The number of rotatable bonds is 7. The van der Waals surface area contributed by atoms with Gasteiger partial charge >= 0.3 is 0 Å². The van der Waals surface area contributed by atoms with Crippen molar-refractivity contribution in [2.45, 2.75) is 17.6 Å². The first-order valence-electron chi connectivity index (χ1n) is 11.0. The molecule has 0 spiro atoms. The summed E-state index contributed by atoms with van der Waals surface area (Å²) < 4.78 is 44.7. The van der Waals surface area contributed by atoms with Gasteiger partial charge in [0.15, 0.2) is 0 Å². The lowest BCUT2D eigenvalue weighted by molar-refractivity contribution is -0.384. The highest BCUT2D eigenvalue weighted by atomic mass is 35.5. The molecule has 0 saturated heterocycles. The number of benzene rings is 3. The smallest absolute Gasteiger partial charge is 0.289 e. The molecule has 1 atom stereocenters. The standard InChI is InChI=1S/C25H17ClN2O9S/c26-18-8-7-16(12-19(18)28(31)32)38(33,34)27-15-6-9-20-17(11-15)23(29)24(30)25(37-20)21-13-35-22(36-21)10-14-4-2-1-3-5-14/h1-9,11-13,22,27,30H,10H2. The van der Waals surface area contributed by atoms with Gasteiger partial charge in [-0.2, -0.15) is 0 Å². The van der Waals surface area contributed by atoms with Gasteiger partial charge in [-0.1, -0.05) is 41.9 Å². The molecule has 5 rings (SSSR count). The Morgan fingerprint density at radius 2 is 1.84 bits per heavy atom. The van der Waals surface area contributed by atoms with Gasteiger partial charge in [0.25, 0.3) is 15.7 Å². The fourth-order valence-corrected chi connectivity index (χ4v) is 5.02. The molecule has 2 N–H and O–H groups in total. The van der Waals surface area contributed by atoms with Crippen molar-refractivity contribution in [3.05, 3.63) is 110 Å². The normalized spacial score (nSPS) is 15.0.